The van der Waals surface area contributed by atoms with Gasteiger partial charge in [0.25, 0.3) is 0 Å². The summed E-state index contributed by atoms with van der Waals surface area (Å²) in [5.74, 6) is 0.843. The number of nitrogens with zero attached hydrogens (tertiary/aromatic N) is 3. The van der Waals surface area contributed by atoms with Gasteiger partial charge in [0, 0.05) is 36.8 Å². The third kappa shape index (κ3) is 6.23. The fraction of sp³-hybridized carbons (Fsp3) is 0.524. The molecule has 0 saturated carbocycles. The topological polar surface area (TPSA) is 54.2 Å². The molecule has 2 N–H and O–H groups in total. The molecule has 0 saturated heterocycles. The van der Waals surface area contributed by atoms with Crippen LogP contribution in [0.25, 0.3) is 0 Å². The molecule has 150 valence electrons. The van der Waals surface area contributed by atoms with Gasteiger partial charge >= 0.3 is 0 Å². The molecule has 6 heteroatoms. The Bertz CT molecular complexity index is 760. The third-order valence-electron chi connectivity index (χ3n) is 4.93. The molecule has 0 radical (unpaired) electrons. The molecule has 0 aliphatic carbocycles. The van der Waals surface area contributed by atoms with Crippen molar-refractivity contribution in [1.29, 1.82) is 0 Å². The lowest BCUT2D eigenvalue weighted by atomic mass is 9.84. The normalized spacial score (nSPS) is 11.9. The van der Waals surface area contributed by atoms with Crippen molar-refractivity contribution in [3.63, 3.8) is 0 Å². The Morgan fingerprint density at radius 1 is 1.11 bits per heavy atom. The summed E-state index contributed by atoms with van der Waals surface area (Å²) in [6, 6.07) is 8.77. The van der Waals surface area contributed by atoms with Crippen molar-refractivity contribution < 1.29 is 0 Å². The van der Waals surface area contributed by atoms with Gasteiger partial charge in [-0.3, -0.25) is 4.68 Å². The van der Waals surface area contributed by atoms with E-state index in [9.17, 15) is 0 Å². The van der Waals surface area contributed by atoms with Crippen molar-refractivity contribution in [2.24, 2.45) is 12.0 Å². The van der Waals surface area contributed by atoms with E-state index in [0.29, 0.717) is 6.54 Å². The van der Waals surface area contributed by atoms with Crippen molar-refractivity contribution in [3.8, 4) is 0 Å². The molecule has 0 atom stereocenters. The number of aryl methyl sites for hydroxylation is 3. The minimum absolute atomic E-state index is 0. The third-order valence-corrected chi connectivity index (χ3v) is 4.93. The van der Waals surface area contributed by atoms with E-state index in [2.05, 4.69) is 74.6 Å². The second-order valence-electron chi connectivity index (χ2n) is 7.57. The van der Waals surface area contributed by atoms with Gasteiger partial charge in [-0.05, 0) is 33.3 Å². The van der Waals surface area contributed by atoms with Crippen LogP contribution < -0.4 is 10.6 Å². The molecule has 0 aliphatic rings. The number of benzene rings is 1. The van der Waals surface area contributed by atoms with Crippen LogP contribution in [-0.4, -0.2) is 28.8 Å². The van der Waals surface area contributed by atoms with Crippen LogP contribution in [-0.2, 0) is 19.0 Å². The Morgan fingerprint density at radius 3 is 2.26 bits per heavy atom. The fourth-order valence-corrected chi connectivity index (χ4v) is 2.96. The van der Waals surface area contributed by atoms with Crippen molar-refractivity contribution in [2.75, 3.05) is 13.1 Å². The number of rotatable bonds is 6. The first kappa shape index (κ1) is 23.5. The highest BCUT2D eigenvalue weighted by atomic mass is 127. The Labute approximate surface area is 181 Å². The zero-order valence-electron chi connectivity index (χ0n) is 17.7. The lowest BCUT2D eigenvalue weighted by Gasteiger charge is -2.27. The largest absolute Gasteiger partial charge is 0.357 e. The van der Waals surface area contributed by atoms with E-state index in [1.165, 1.54) is 22.4 Å². The Hall–Kier alpha value is -1.57. The second kappa shape index (κ2) is 10.1. The first-order valence-corrected chi connectivity index (χ1v) is 9.33. The van der Waals surface area contributed by atoms with Gasteiger partial charge in [0.1, 0.15) is 0 Å². The molecule has 1 aromatic heterocycles. The molecule has 5 nitrogen and oxygen atoms in total. The molecule has 0 spiro atoms. The number of nitrogens with one attached hydrogen (secondary N) is 2. The molecule has 0 unspecified atom stereocenters. The summed E-state index contributed by atoms with van der Waals surface area (Å²) in [7, 11) is 1.98. The molecule has 0 fully saturated rings. The molecule has 0 amide bonds. The minimum Gasteiger partial charge on any atom is -0.357 e. The number of halogens is 1. The Morgan fingerprint density at radius 2 is 1.74 bits per heavy atom. The van der Waals surface area contributed by atoms with Crippen LogP contribution in [0, 0.1) is 20.8 Å². The van der Waals surface area contributed by atoms with Crippen LogP contribution in [0.2, 0.25) is 0 Å². The highest BCUT2D eigenvalue weighted by molar-refractivity contribution is 14.0. The molecule has 2 aromatic rings. The van der Waals surface area contributed by atoms with Crippen molar-refractivity contribution in [1.82, 2.24) is 20.4 Å². The summed E-state index contributed by atoms with van der Waals surface area (Å²) in [5, 5.41) is 11.3. The summed E-state index contributed by atoms with van der Waals surface area (Å²) >= 11 is 0. The average molecular weight is 483 g/mol. The van der Waals surface area contributed by atoms with Crippen LogP contribution >= 0.6 is 24.0 Å². The average Bonchev–Trinajstić information content (AvgIpc) is 2.83. The lowest BCUT2D eigenvalue weighted by Crippen LogP contribution is -2.43. The van der Waals surface area contributed by atoms with Gasteiger partial charge < -0.3 is 10.6 Å². The summed E-state index contributed by atoms with van der Waals surface area (Å²) in [4.78, 5) is 4.77. The zero-order chi connectivity index (χ0) is 19.3. The maximum atomic E-state index is 4.77. The van der Waals surface area contributed by atoms with Crippen molar-refractivity contribution >= 4 is 29.9 Å². The van der Waals surface area contributed by atoms with Crippen LogP contribution in [0.3, 0.4) is 0 Å². The minimum atomic E-state index is 0. The maximum Gasteiger partial charge on any atom is 0.191 e. The molecular formula is C21H34IN5. The Kier molecular flexibility index (Phi) is 8.78. The predicted molar refractivity (Wildman–Crippen MR) is 125 cm³/mol. The van der Waals surface area contributed by atoms with E-state index >= 15 is 0 Å². The van der Waals surface area contributed by atoms with Crippen LogP contribution in [0.15, 0.2) is 29.3 Å². The number of guanidine groups is 1. The number of aliphatic imine (C=N–C) groups is 1. The molecule has 2 rings (SSSR count). The highest BCUT2D eigenvalue weighted by Gasteiger charge is 2.21. The summed E-state index contributed by atoms with van der Waals surface area (Å²) in [6.45, 7) is 15.1. The lowest BCUT2D eigenvalue weighted by molar-refractivity contribution is 0.508. The smallest absolute Gasteiger partial charge is 0.191 e. The number of hydrogen-bond acceptors (Lipinski definition) is 2. The van der Waals surface area contributed by atoms with E-state index in [1.807, 2.05) is 18.7 Å². The van der Waals surface area contributed by atoms with Gasteiger partial charge in [0.05, 0.1) is 12.2 Å². The standard InChI is InChI=1S/C21H33N5.HI/c1-8-22-20(23-13-19-16(3)25-26(7)17(19)4)24-14-21(5,6)18-11-9-15(2)10-12-18;/h9-12H,8,13-14H2,1-7H3,(H2,22,23,24);1H. The Balaban J connectivity index is 0.00000364. The van der Waals surface area contributed by atoms with E-state index in [-0.39, 0.29) is 29.4 Å². The first-order chi connectivity index (χ1) is 12.2. The monoisotopic (exact) mass is 483 g/mol. The summed E-state index contributed by atoms with van der Waals surface area (Å²) in [5.41, 5.74) is 6.04. The number of aromatic nitrogens is 2. The van der Waals surface area contributed by atoms with E-state index in [1.54, 1.807) is 0 Å². The van der Waals surface area contributed by atoms with Gasteiger partial charge in [-0.2, -0.15) is 5.10 Å². The molecule has 0 bridgehead atoms. The van der Waals surface area contributed by atoms with E-state index < -0.39 is 0 Å². The molecular weight excluding hydrogens is 449 g/mol. The van der Waals surface area contributed by atoms with Gasteiger partial charge in [-0.1, -0.05) is 43.7 Å². The maximum absolute atomic E-state index is 4.77. The molecule has 0 aliphatic heterocycles. The molecule has 1 heterocycles. The number of hydrogen-bond donors (Lipinski definition) is 2. The highest BCUT2D eigenvalue weighted by Crippen LogP contribution is 2.22. The quantitative estimate of drug-likeness (QED) is 0.371. The van der Waals surface area contributed by atoms with E-state index in [4.69, 9.17) is 4.99 Å². The summed E-state index contributed by atoms with van der Waals surface area (Å²) in [6.07, 6.45) is 0. The predicted octanol–water partition coefficient (Wildman–Crippen LogP) is 4.00. The zero-order valence-corrected chi connectivity index (χ0v) is 20.0. The summed E-state index contributed by atoms with van der Waals surface area (Å²) < 4.78 is 1.92. The first-order valence-electron chi connectivity index (χ1n) is 9.33. The van der Waals surface area contributed by atoms with Crippen LogP contribution in [0.5, 0.6) is 0 Å². The fourth-order valence-electron chi connectivity index (χ4n) is 2.96. The van der Waals surface area contributed by atoms with Gasteiger partial charge in [-0.15, -0.1) is 24.0 Å². The van der Waals surface area contributed by atoms with Gasteiger partial charge in [0.15, 0.2) is 5.96 Å². The van der Waals surface area contributed by atoms with Crippen LogP contribution in [0.1, 0.15) is 48.8 Å². The molecule has 27 heavy (non-hydrogen) atoms. The SMILES string of the molecule is CCNC(=NCc1c(C)nn(C)c1C)NCC(C)(C)c1ccc(C)cc1.I. The van der Waals surface area contributed by atoms with Gasteiger partial charge in [-0.25, -0.2) is 4.99 Å². The molecule has 1 aromatic carbocycles. The van der Waals surface area contributed by atoms with Gasteiger partial charge in [0.2, 0.25) is 0 Å². The van der Waals surface area contributed by atoms with Crippen molar-refractivity contribution in [3.05, 3.63) is 52.3 Å². The second-order valence-corrected chi connectivity index (χ2v) is 7.57. The van der Waals surface area contributed by atoms with Crippen molar-refractivity contribution in [2.45, 2.75) is 53.5 Å². The van der Waals surface area contributed by atoms with Crippen LogP contribution in [0.4, 0.5) is 0 Å². The van der Waals surface area contributed by atoms with E-state index in [0.717, 1.165) is 24.7 Å².